The van der Waals surface area contributed by atoms with Crippen molar-refractivity contribution in [1.29, 1.82) is 0 Å². The summed E-state index contributed by atoms with van der Waals surface area (Å²) in [7, 11) is 1.65. The van der Waals surface area contributed by atoms with E-state index in [0.717, 1.165) is 6.42 Å². The quantitative estimate of drug-likeness (QED) is 0.161. The Kier molecular flexibility index (Phi) is 15.2. The van der Waals surface area contributed by atoms with Gasteiger partial charge in [-0.2, -0.15) is 0 Å². The molecule has 0 saturated heterocycles. The first-order valence-electron chi connectivity index (χ1n) is 14.2. The number of primary amides is 1. The van der Waals surface area contributed by atoms with Crippen molar-refractivity contribution in [3.05, 3.63) is 24.3 Å². The number of hydrogen-bond donors (Lipinski definition) is 5. The molecule has 228 valence electrons. The Morgan fingerprint density at radius 3 is 2.30 bits per heavy atom. The smallest absolute Gasteiger partial charge is 0.224 e. The minimum atomic E-state index is -0.932. The van der Waals surface area contributed by atoms with E-state index in [0.29, 0.717) is 31.1 Å². The van der Waals surface area contributed by atoms with Crippen molar-refractivity contribution in [3.8, 4) is 5.75 Å². The van der Waals surface area contributed by atoms with Gasteiger partial charge in [0.1, 0.15) is 5.75 Å². The van der Waals surface area contributed by atoms with Crippen LogP contribution in [0.3, 0.4) is 0 Å². The SMILES string of the molecule is COCCCOc1cccc(NC(=O)C[C@@H](C[C@H](N)[C@@H](O)C[C@H](C(=O)NCC(C)(C)C(N)=O)C(C)C)C(C)C)c1. The van der Waals surface area contributed by atoms with Gasteiger partial charge in [0.25, 0.3) is 0 Å². The zero-order chi connectivity index (χ0) is 30.5. The first-order chi connectivity index (χ1) is 18.7. The van der Waals surface area contributed by atoms with Crippen molar-refractivity contribution in [1.82, 2.24) is 5.32 Å². The number of nitrogens with two attached hydrogens (primary N) is 2. The molecule has 0 aliphatic carbocycles. The fourth-order valence-corrected chi connectivity index (χ4v) is 4.25. The standard InChI is InChI=1S/C30H52N4O6/c1-19(2)21(15-27(36)34-22-10-8-11-23(16-22)40-13-9-12-39-7)14-25(31)26(35)17-24(20(3)4)28(37)33-18-30(5,6)29(32)38/h8,10-11,16,19-21,24-26,35H,9,12-15,17-18,31H2,1-7H3,(H2,32,38)(H,33,37)(H,34,36)/t21-,24+,25+,26+/m1/s1. The summed E-state index contributed by atoms with van der Waals surface area (Å²) in [5, 5.41) is 16.7. The van der Waals surface area contributed by atoms with Crippen LogP contribution in [-0.4, -0.2) is 61.8 Å². The predicted octanol–water partition coefficient (Wildman–Crippen LogP) is 3.07. The molecule has 10 nitrogen and oxygen atoms in total. The van der Waals surface area contributed by atoms with Gasteiger partial charge in [0.15, 0.2) is 0 Å². The average Bonchev–Trinajstić information content (AvgIpc) is 2.87. The Morgan fingerprint density at radius 2 is 1.73 bits per heavy atom. The molecule has 0 aliphatic heterocycles. The van der Waals surface area contributed by atoms with Gasteiger partial charge in [0.2, 0.25) is 17.7 Å². The molecule has 1 aromatic carbocycles. The summed E-state index contributed by atoms with van der Waals surface area (Å²) in [6.07, 6.45) is 0.684. The van der Waals surface area contributed by atoms with Crippen LogP contribution in [0, 0.1) is 29.1 Å². The topological polar surface area (TPSA) is 166 Å². The van der Waals surface area contributed by atoms with Gasteiger partial charge >= 0.3 is 0 Å². The van der Waals surface area contributed by atoms with Crippen LogP contribution in [0.25, 0.3) is 0 Å². The average molecular weight is 565 g/mol. The van der Waals surface area contributed by atoms with E-state index in [1.54, 1.807) is 33.1 Å². The number of anilines is 1. The number of amides is 3. The molecule has 1 aromatic rings. The maximum Gasteiger partial charge on any atom is 0.224 e. The lowest BCUT2D eigenvalue weighted by atomic mass is 9.81. The predicted molar refractivity (Wildman–Crippen MR) is 158 cm³/mol. The van der Waals surface area contributed by atoms with E-state index in [9.17, 15) is 19.5 Å². The second kappa shape index (κ2) is 17.2. The zero-order valence-electron chi connectivity index (χ0n) is 25.4. The third kappa shape index (κ3) is 12.7. The highest BCUT2D eigenvalue weighted by Gasteiger charge is 2.32. The highest BCUT2D eigenvalue weighted by molar-refractivity contribution is 5.91. The summed E-state index contributed by atoms with van der Waals surface area (Å²) in [6, 6.07) is 6.64. The van der Waals surface area contributed by atoms with Crippen molar-refractivity contribution in [3.63, 3.8) is 0 Å². The number of benzene rings is 1. The van der Waals surface area contributed by atoms with Gasteiger partial charge in [0.05, 0.1) is 18.1 Å². The van der Waals surface area contributed by atoms with Crippen molar-refractivity contribution in [2.75, 3.05) is 32.2 Å². The number of aliphatic hydroxyl groups excluding tert-OH is 1. The molecule has 0 heterocycles. The molecular weight excluding hydrogens is 512 g/mol. The molecule has 0 aromatic heterocycles. The molecule has 40 heavy (non-hydrogen) atoms. The van der Waals surface area contributed by atoms with Gasteiger partial charge in [-0.15, -0.1) is 0 Å². The third-order valence-corrected chi connectivity index (χ3v) is 7.35. The van der Waals surface area contributed by atoms with Crippen molar-refractivity contribution in [2.24, 2.45) is 40.6 Å². The molecule has 10 heteroatoms. The molecule has 4 atom stereocenters. The molecule has 0 bridgehead atoms. The minimum absolute atomic E-state index is 0.0510. The number of carbonyl (C=O) groups excluding carboxylic acids is 3. The van der Waals surface area contributed by atoms with E-state index in [2.05, 4.69) is 10.6 Å². The normalized spacial score (nSPS) is 14.9. The Morgan fingerprint density at radius 1 is 1.05 bits per heavy atom. The molecule has 0 aliphatic rings. The maximum atomic E-state index is 12.9. The Hall–Kier alpha value is -2.69. The van der Waals surface area contributed by atoms with E-state index in [-0.39, 0.29) is 49.0 Å². The Labute approximate surface area is 239 Å². The van der Waals surface area contributed by atoms with Gasteiger partial charge in [-0.05, 0) is 56.6 Å². The minimum Gasteiger partial charge on any atom is -0.493 e. The highest BCUT2D eigenvalue weighted by Crippen LogP contribution is 2.26. The van der Waals surface area contributed by atoms with Crippen LogP contribution >= 0.6 is 0 Å². The van der Waals surface area contributed by atoms with Gasteiger partial charge in [-0.25, -0.2) is 0 Å². The van der Waals surface area contributed by atoms with Crippen LogP contribution in [0.1, 0.15) is 67.2 Å². The summed E-state index contributed by atoms with van der Waals surface area (Å²) in [4.78, 5) is 37.4. The summed E-state index contributed by atoms with van der Waals surface area (Å²) in [5.74, 6) is -0.686. The summed E-state index contributed by atoms with van der Waals surface area (Å²) in [6.45, 7) is 12.4. The van der Waals surface area contributed by atoms with E-state index in [1.807, 2.05) is 39.8 Å². The van der Waals surface area contributed by atoms with Gasteiger partial charge in [0, 0.05) is 56.8 Å². The second-order valence-electron chi connectivity index (χ2n) is 12.0. The fourth-order valence-electron chi connectivity index (χ4n) is 4.25. The van der Waals surface area contributed by atoms with Crippen LogP contribution in [-0.2, 0) is 19.1 Å². The van der Waals surface area contributed by atoms with Crippen molar-refractivity contribution in [2.45, 2.75) is 79.4 Å². The molecule has 1 rings (SSSR count). The van der Waals surface area contributed by atoms with Crippen LogP contribution in [0.4, 0.5) is 5.69 Å². The zero-order valence-corrected chi connectivity index (χ0v) is 25.4. The second-order valence-corrected chi connectivity index (χ2v) is 12.0. The van der Waals surface area contributed by atoms with Crippen LogP contribution in [0.15, 0.2) is 24.3 Å². The van der Waals surface area contributed by atoms with Crippen molar-refractivity contribution >= 4 is 23.4 Å². The third-order valence-electron chi connectivity index (χ3n) is 7.35. The lowest BCUT2D eigenvalue weighted by Crippen LogP contribution is -2.46. The van der Waals surface area contributed by atoms with Crippen LogP contribution in [0.2, 0.25) is 0 Å². The summed E-state index contributed by atoms with van der Waals surface area (Å²) >= 11 is 0. The monoisotopic (exact) mass is 564 g/mol. The molecule has 7 N–H and O–H groups in total. The maximum absolute atomic E-state index is 12.9. The number of aliphatic hydroxyl groups is 1. The number of methoxy groups -OCH3 is 1. The fraction of sp³-hybridized carbons (Fsp3) is 0.700. The Balaban J connectivity index is 2.73. The highest BCUT2D eigenvalue weighted by atomic mass is 16.5. The summed E-state index contributed by atoms with van der Waals surface area (Å²) in [5.41, 5.74) is 11.6. The molecule has 0 unspecified atom stereocenters. The van der Waals surface area contributed by atoms with Crippen molar-refractivity contribution < 1.29 is 29.0 Å². The van der Waals surface area contributed by atoms with Crippen LogP contribution in [0.5, 0.6) is 5.75 Å². The number of carbonyl (C=O) groups is 3. The first kappa shape index (κ1) is 35.3. The van der Waals surface area contributed by atoms with E-state index < -0.39 is 29.4 Å². The van der Waals surface area contributed by atoms with Gasteiger partial charge in [-0.3, -0.25) is 14.4 Å². The molecule has 0 radical (unpaired) electrons. The number of rotatable bonds is 19. The Bertz CT molecular complexity index is 937. The van der Waals surface area contributed by atoms with Gasteiger partial charge < -0.3 is 36.7 Å². The largest absolute Gasteiger partial charge is 0.493 e. The lowest BCUT2D eigenvalue weighted by molar-refractivity contribution is -0.130. The van der Waals surface area contributed by atoms with Crippen LogP contribution < -0.4 is 26.8 Å². The molecule has 0 fully saturated rings. The first-order valence-corrected chi connectivity index (χ1v) is 14.2. The molecule has 3 amide bonds. The molecule has 0 saturated carbocycles. The molecular formula is C30H52N4O6. The lowest BCUT2D eigenvalue weighted by Gasteiger charge is -2.30. The number of nitrogens with one attached hydrogen (secondary N) is 2. The number of ether oxygens (including phenoxy) is 2. The number of hydrogen-bond acceptors (Lipinski definition) is 7. The van der Waals surface area contributed by atoms with Gasteiger partial charge in [-0.1, -0.05) is 33.8 Å². The molecule has 0 spiro atoms. The van der Waals surface area contributed by atoms with E-state index >= 15 is 0 Å². The summed E-state index contributed by atoms with van der Waals surface area (Å²) < 4.78 is 10.7. The van der Waals surface area contributed by atoms with E-state index in [4.69, 9.17) is 20.9 Å². The van der Waals surface area contributed by atoms with E-state index in [1.165, 1.54) is 0 Å².